The van der Waals surface area contributed by atoms with Crippen LogP contribution in [0.15, 0.2) is 41.0 Å². The SMILES string of the molecule is Nc1nc2cc(C(=O)NC3CCN(C(=O)c4ccco4)CC3)ccc2s1. The van der Waals surface area contributed by atoms with Gasteiger partial charge < -0.3 is 20.4 Å². The highest BCUT2D eigenvalue weighted by atomic mass is 32.1. The van der Waals surface area contributed by atoms with E-state index in [9.17, 15) is 9.59 Å². The number of hydrogen-bond acceptors (Lipinski definition) is 6. The largest absolute Gasteiger partial charge is 0.459 e. The molecule has 3 heterocycles. The van der Waals surface area contributed by atoms with Crippen molar-refractivity contribution in [3.63, 3.8) is 0 Å². The first-order valence-electron chi connectivity index (χ1n) is 8.40. The molecule has 7 nitrogen and oxygen atoms in total. The van der Waals surface area contributed by atoms with Crippen LogP contribution in [0.4, 0.5) is 5.13 Å². The molecule has 0 radical (unpaired) electrons. The average Bonchev–Trinajstić information content (AvgIpc) is 3.29. The highest BCUT2D eigenvalue weighted by Crippen LogP contribution is 2.24. The number of likely N-dealkylation sites (tertiary alicyclic amines) is 1. The molecule has 2 amide bonds. The molecule has 3 N–H and O–H groups in total. The summed E-state index contributed by atoms with van der Waals surface area (Å²) in [5, 5.41) is 3.54. The molecule has 134 valence electrons. The predicted octanol–water partition coefficient (Wildman–Crippen LogP) is 2.51. The van der Waals surface area contributed by atoms with Gasteiger partial charge in [0, 0.05) is 24.7 Å². The minimum absolute atomic E-state index is 0.0411. The number of rotatable bonds is 3. The van der Waals surface area contributed by atoms with E-state index in [2.05, 4.69) is 10.3 Å². The number of amides is 2. The standard InChI is InChI=1S/C18H18N4O3S/c19-18-21-13-10-11(3-4-15(13)26-18)16(23)20-12-5-7-22(8-6-12)17(24)14-2-1-9-25-14/h1-4,9-10,12H,5-8H2,(H2,19,21)(H,20,23). The molecule has 0 atom stereocenters. The van der Waals surface area contributed by atoms with Crippen LogP contribution < -0.4 is 11.1 Å². The van der Waals surface area contributed by atoms with E-state index in [1.807, 2.05) is 6.07 Å². The van der Waals surface area contributed by atoms with Gasteiger partial charge in [-0.2, -0.15) is 0 Å². The summed E-state index contributed by atoms with van der Waals surface area (Å²) < 4.78 is 6.12. The molecule has 26 heavy (non-hydrogen) atoms. The molecule has 1 aromatic carbocycles. The van der Waals surface area contributed by atoms with Gasteiger partial charge in [0.2, 0.25) is 0 Å². The average molecular weight is 370 g/mol. The van der Waals surface area contributed by atoms with Crippen LogP contribution in [0.25, 0.3) is 10.2 Å². The Morgan fingerprint density at radius 1 is 1.27 bits per heavy atom. The Labute approximate surface area is 153 Å². The quantitative estimate of drug-likeness (QED) is 0.738. The van der Waals surface area contributed by atoms with E-state index in [-0.39, 0.29) is 17.9 Å². The van der Waals surface area contributed by atoms with Gasteiger partial charge in [-0.25, -0.2) is 4.98 Å². The number of piperidine rings is 1. The Balaban J connectivity index is 1.36. The van der Waals surface area contributed by atoms with E-state index in [0.29, 0.717) is 42.4 Å². The number of benzene rings is 1. The zero-order chi connectivity index (χ0) is 18.1. The van der Waals surface area contributed by atoms with Crippen molar-refractivity contribution in [3.8, 4) is 0 Å². The zero-order valence-electron chi connectivity index (χ0n) is 14.0. The summed E-state index contributed by atoms with van der Waals surface area (Å²) in [5.41, 5.74) is 7.01. The number of carbonyl (C=O) groups is 2. The van der Waals surface area contributed by atoms with Crippen molar-refractivity contribution < 1.29 is 14.0 Å². The Kier molecular flexibility index (Phi) is 4.34. The van der Waals surface area contributed by atoms with Gasteiger partial charge in [-0.3, -0.25) is 9.59 Å². The van der Waals surface area contributed by atoms with Gasteiger partial charge in [0.15, 0.2) is 10.9 Å². The first-order chi connectivity index (χ1) is 12.6. The molecular weight excluding hydrogens is 352 g/mol. The number of thiazole rings is 1. The summed E-state index contributed by atoms with van der Waals surface area (Å²) >= 11 is 1.40. The molecule has 0 aliphatic carbocycles. The van der Waals surface area contributed by atoms with Crippen LogP contribution >= 0.6 is 11.3 Å². The topological polar surface area (TPSA) is 101 Å². The fraction of sp³-hybridized carbons (Fsp3) is 0.278. The monoisotopic (exact) mass is 370 g/mol. The molecule has 1 saturated heterocycles. The second kappa shape index (κ2) is 6.80. The van der Waals surface area contributed by atoms with Crippen molar-refractivity contribution in [1.29, 1.82) is 0 Å². The predicted molar refractivity (Wildman–Crippen MR) is 99.1 cm³/mol. The molecular formula is C18H18N4O3S. The van der Waals surface area contributed by atoms with Crippen molar-refractivity contribution in [3.05, 3.63) is 47.9 Å². The van der Waals surface area contributed by atoms with Crippen molar-refractivity contribution in [2.24, 2.45) is 0 Å². The van der Waals surface area contributed by atoms with E-state index in [0.717, 1.165) is 10.2 Å². The van der Waals surface area contributed by atoms with Gasteiger partial charge in [-0.05, 0) is 43.2 Å². The van der Waals surface area contributed by atoms with Crippen LogP contribution in [0.1, 0.15) is 33.8 Å². The highest BCUT2D eigenvalue weighted by molar-refractivity contribution is 7.22. The minimum Gasteiger partial charge on any atom is -0.459 e. The summed E-state index contributed by atoms with van der Waals surface area (Å²) in [4.78, 5) is 30.7. The number of fused-ring (bicyclic) bond motifs is 1. The number of aromatic nitrogens is 1. The summed E-state index contributed by atoms with van der Waals surface area (Å²) in [6.07, 6.45) is 2.92. The van der Waals surface area contributed by atoms with E-state index in [4.69, 9.17) is 10.2 Å². The molecule has 1 aliphatic rings. The normalized spacial score (nSPS) is 15.3. The lowest BCUT2D eigenvalue weighted by molar-refractivity contribution is 0.0667. The number of furan rings is 1. The van der Waals surface area contributed by atoms with E-state index in [1.54, 1.807) is 29.2 Å². The summed E-state index contributed by atoms with van der Waals surface area (Å²) in [7, 11) is 0. The first kappa shape index (κ1) is 16.6. The number of anilines is 1. The molecule has 3 aromatic rings. The van der Waals surface area contributed by atoms with E-state index < -0.39 is 0 Å². The molecule has 1 fully saturated rings. The Hall–Kier alpha value is -2.87. The Bertz CT molecular complexity index is 943. The maximum Gasteiger partial charge on any atom is 0.289 e. The number of hydrogen-bond donors (Lipinski definition) is 2. The second-order valence-electron chi connectivity index (χ2n) is 6.25. The molecule has 0 saturated carbocycles. The maximum absolute atomic E-state index is 12.5. The third-order valence-electron chi connectivity index (χ3n) is 4.52. The molecule has 4 rings (SSSR count). The molecule has 1 aliphatic heterocycles. The fourth-order valence-electron chi connectivity index (χ4n) is 3.14. The Morgan fingerprint density at radius 3 is 2.81 bits per heavy atom. The van der Waals surface area contributed by atoms with E-state index >= 15 is 0 Å². The van der Waals surface area contributed by atoms with Gasteiger partial charge in [0.1, 0.15) is 0 Å². The van der Waals surface area contributed by atoms with Crippen molar-refractivity contribution >= 4 is 38.5 Å². The molecule has 0 spiro atoms. The number of carbonyl (C=O) groups excluding carboxylic acids is 2. The number of nitrogens with two attached hydrogens (primary N) is 1. The number of nitrogen functional groups attached to an aromatic ring is 1. The van der Waals surface area contributed by atoms with E-state index in [1.165, 1.54) is 17.6 Å². The van der Waals surface area contributed by atoms with Crippen LogP contribution in [0.2, 0.25) is 0 Å². The summed E-state index contributed by atoms with van der Waals surface area (Å²) in [6.45, 7) is 1.18. The molecule has 0 unspecified atom stereocenters. The van der Waals surface area contributed by atoms with Crippen LogP contribution in [-0.4, -0.2) is 40.8 Å². The smallest absolute Gasteiger partial charge is 0.289 e. The van der Waals surface area contributed by atoms with Crippen LogP contribution in [0, 0.1) is 0 Å². The third kappa shape index (κ3) is 3.28. The van der Waals surface area contributed by atoms with Crippen LogP contribution in [-0.2, 0) is 0 Å². The molecule has 8 heteroatoms. The van der Waals surface area contributed by atoms with Gasteiger partial charge in [0.05, 0.1) is 16.5 Å². The third-order valence-corrected chi connectivity index (χ3v) is 5.38. The van der Waals surface area contributed by atoms with Crippen LogP contribution in [0.3, 0.4) is 0 Å². The van der Waals surface area contributed by atoms with Crippen molar-refractivity contribution in [1.82, 2.24) is 15.2 Å². The summed E-state index contributed by atoms with van der Waals surface area (Å²) in [6, 6.07) is 8.81. The first-order valence-corrected chi connectivity index (χ1v) is 9.21. The second-order valence-corrected chi connectivity index (χ2v) is 7.31. The van der Waals surface area contributed by atoms with Gasteiger partial charge in [-0.1, -0.05) is 11.3 Å². The fourth-order valence-corrected chi connectivity index (χ4v) is 3.85. The molecule has 0 bridgehead atoms. The number of nitrogens with zero attached hydrogens (tertiary/aromatic N) is 2. The lowest BCUT2D eigenvalue weighted by Crippen LogP contribution is -2.46. The summed E-state index contributed by atoms with van der Waals surface area (Å²) in [5.74, 6) is 0.115. The van der Waals surface area contributed by atoms with Gasteiger partial charge in [-0.15, -0.1) is 0 Å². The van der Waals surface area contributed by atoms with Gasteiger partial charge in [0.25, 0.3) is 11.8 Å². The molecule has 2 aromatic heterocycles. The van der Waals surface area contributed by atoms with Crippen molar-refractivity contribution in [2.45, 2.75) is 18.9 Å². The van der Waals surface area contributed by atoms with Crippen molar-refractivity contribution in [2.75, 3.05) is 18.8 Å². The van der Waals surface area contributed by atoms with Crippen LogP contribution in [0.5, 0.6) is 0 Å². The Morgan fingerprint density at radius 2 is 2.08 bits per heavy atom. The lowest BCUT2D eigenvalue weighted by atomic mass is 10.0. The zero-order valence-corrected chi connectivity index (χ0v) is 14.8. The highest BCUT2D eigenvalue weighted by Gasteiger charge is 2.26. The maximum atomic E-state index is 12.5. The minimum atomic E-state index is -0.130. The lowest BCUT2D eigenvalue weighted by Gasteiger charge is -2.31. The number of nitrogens with one attached hydrogen (secondary N) is 1. The van der Waals surface area contributed by atoms with Gasteiger partial charge >= 0.3 is 0 Å².